The third-order valence-corrected chi connectivity index (χ3v) is 8.78. The summed E-state index contributed by atoms with van der Waals surface area (Å²) in [4.78, 5) is 49.8. The van der Waals surface area contributed by atoms with Crippen molar-refractivity contribution in [3.05, 3.63) is 41.8 Å². The molecule has 0 radical (unpaired) electrons. The van der Waals surface area contributed by atoms with Gasteiger partial charge in [-0.2, -0.15) is 0 Å². The van der Waals surface area contributed by atoms with Gasteiger partial charge in [-0.25, -0.2) is 19.6 Å². The van der Waals surface area contributed by atoms with E-state index in [1.165, 1.54) is 16.2 Å². The second-order valence-electron chi connectivity index (χ2n) is 11.8. The Morgan fingerprint density at radius 3 is 2.80 bits per heavy atom. The number of carbonyl (C=O) groups is 3. The Bertz CT molecular complexity index is 1590. The molecule has 1 aliphatic carbocycles. The number of carbonyl (C=O) groups excluding carboxylic acids is 2. The Hall–Kier alpha value is -4.39. The van der Waals surface area contributed by atoms with Gasteiger partial charge < -0.3 is 35.4 Å². The molecule has 13 heteroatoms. The van der Waals surface area contributed by atoms with Crippen molar-refractivity contribution < 1.29 is 29.0 Å². The number of nitrogens with zero attached hydrogens (tertiary/aromatic N) is 3. The molecule has 45 heavy (non-hydrogen) atoms. The van der Waals surface area contributed by atoms with E-state index >= 15 is 0 Å². The normalized spacial score (nSPS) is 22.3. The fourth-order valence-electron chi connectivity index (χ4n) is 5.32. The van der Waals surface area contributed by atoms with E-state index < -0.39 is 29.5 Å². The first-order valence-corrected chi connectivity index (χ1v) is 16.1. The average molecular weight is 637 g/mol. The molecule has 3 aromatic rings. The standard InChI is InChI=1S/C32H40N6O6S/c1-19(2)33-30-35-26(18-45-30)25-16-27(22-11-10-21(43-4)15-24(22)34-25)44-14-12-23-28(39)37-32(29(40)41)17-20(32)9-7-5-6-8-13-38(3)31(42)36-23/h7,9-11,15-16,18-20,23H,5-6,8,12-14,17H2,1-4H3,(H,33,35)(H,36,42)(H,37,39)(H,40,41)/t20-,23+,32-/m1/s1. The van der Waals surface area contributed by atoms with E-state index in [-0.39, 0.29) is 25.0 Å². The number of pyridine rings is 1. The SMILES string of the molecule is COc1ccc2c(OCC[C@@H]3NC(=O)N(C)CCCCC=C[C@@H]4C[C@@]4(C(=O)O)NC3=O)cc(-c3csc(NC(C)C)n3)nc2c1. The van der Waals surface area contributed by atoms with Gasteiger partial charge in [0.05, 0.1) is 24.9 Å². The smallest absolute Gasteiger partial charge is 0.330 e. The van der Waals surface area contributed by atoms with Crippen LogP contribution in [0, 0.1) is 5.92 Å². The summed E-state index contributed by atoms with van der Waals surface area (Å²) in [7, 11) is 3.27. The molecule has 240 valence electrons. The predicted octanol–water partition coefficient (Wildman–Crippen LogP) is 4.67. The number of amides is 3. The summed E-state index contributed by atoms with van der Waals surface area (Å²) < 4.78 is 11.7. The van der Waals surface area contributed by atoms with Crippen LogP contribution in [-0.2, 0) is 9.59 Å². The first-order valence-electron chi connectivity index (χ1n) is 15.2. The Morgan fingerprint density at radius 2 is 2.04 bits per heavy atom. The van der Waals surface area contributed by atoms with Crippen LogP contribution in [-0.4, -0.2) is 82.8 Å². The highest BCUT2D eigenvalue weighted by Crippen LogP contribution is 2.45. The van der Waals surface area contributed by atoms with Crippen LogP contribution in [0.5, 0.6) is 11.5 Å². The zero-order valence-corrected chi connectivity index (χ0v) is 26.8. The summed E-state index contributed by atoms with van der Waals surface area (Å²) in [6.45, 7) is 4.68. The molecule has 2 aromatic heterocycles. The number of hydrogen-bond acceptors (Lipinski definition) is 9. The van der Waals surface area contributed by atoms with Crippen molar-refractivity contribution in [2.45, 2.75) is 63.6 Å². The van der Waals surface area contributed by atoms with Gasteiger partial charge in [-0.05, 0) is 51.7 Å². The minimum absolute atomic E-state index is 0.0628. The summed E-state index contributed by atoms with van der Waals surface area (Å²) in [5.41, 5.74) is 0.570. The van der Waals surface area contributed by atoms with Gasteiger partial charge in [0.1, 0.15) is 28.8 Å². The van der Waals surface area contributed by atoms with Crippen molar-refractivity contribution in [2.24, 2.45) is 5.92 Å². The van der Waals surface area contributed by atoms with Gasteiger partial charge in [-0.15, -0.1) is 11.3 Å². The first kappa shape index (κ1) is 32.0. The lowest BCUT2D eigenvalue weighted by Crippen LogP contribution is -2.55. The molecule has 2 aliphatic rings. The van der Waals surface area contributed by atoms with Crippen LogP contribution in [0.15, 0.2) is 41.8 Å². The molecule has 1 fully saturated rings. The molecule has 12 nitrogen and oxygen atoms in total. The number of carboxylic acid groups (broad SMARTS) is 1. The Kier molecular flexibility index (Phi) is 9.76. The van der Waals surface area contributed by atoms with Crippen LogP contribution in [0.4, 0.5) is 9.93 Å². The average Bonchev–Trinajstić information content (AvgIpc) is 3.51. The largest absolute Gasteiger partial charge is 0.497 e. The van der Waals surface area contributed by atoms with Gasteiger partial charge in [0.25, 0.3) is 0 Å². The molecule has 0 spiro atoms. The Balaban J connectivity index is 1.38. The van der Waals surface area contributed by atoms with Crippen LogP contribution in [0.1, 0.15) is 46.0 Å². The number of fused-ring (bicyclic) bond motifs is 2. The number of anilines is 1. The molecule has 4 N–H and O–H groups in total. The quantitative estimate of drug-likeness (QED) is 0.245. The molecular weight excluding hydrogens is 596 g/mol. The topological polar surface area (TPSA) is 155 Å². The molecule has 0 saturated heterocycles. The van der Waals surface area contributed by atoms with Gasteiger partial charge >= 0.3 is 12.0 Å². The fourth-order valence-corrected chi connectivity index (χ4v) is 6.17. The highest BCUT2D eigenvalue weighted by atomic mass is 32.1. The molecule has 3 atom stereocenters. The number of ether oxygens (including phenoxy) is 2. The van der Waals surface area contributed by atoms with E-state index in [1.807, 2.05) is 55.6 Å². The highest BCUT2D eigenvalue weighted by molar-refractivity contribution is 7.14. The minimum Gasteiger partial charge on any atom is -0.497 e. The van der Waals surface area contributed by atoms with Gasteiger partial charge in [0.2, 0.25) is 5.91 Å². The van der Waals surface area contributed by atoms with E-state index in [4.69, 9.17) is 14.5 Å². The fraction of sp³-hybridized carbons (Fsp3) is 0.469. The van der Waals surface area contributed by atoms with Crippen LogP contribution >= 0.6 is 11.3 Å². The highest BCUT2D eigenvalue weighted by Gasteiger charge is 2.60. The number of aliphatic carboxylic acids is 1. The summed E-state index contributed by atoms with van der Waals surface area (Å²) in [5, 5.41) is 22.3. The number of allylic oxidation sites excluding steroid dienone is 1. The van der Waals surface area contributed by atoms with Crippen molar-refractivity contribution in [3.8, 4) is 22.9 Å². The van der Waals surface area contributed by atoms with Crippen molar-refractivity contribution in [1.82, 2.24) is 25.5 Å². The van der Waals surface area contributed by atoms with E-state index in [0.29, 0.717) is 41.4 Å². The molecule has 0 bridgehead atoms. The lowest BCUT2D eigenvalue weighted by molar-refractivity contribution is -0.143. The van der Waals surface area contributed by atoms with E-state index in [2.05, 4.69) is 20.9 Å². The maximum atomic E-state index is 13.5. The molecule has 1 aliphatic heterocycles. The summed E-state index contributed by atoms with van der Waals surface area (Å²) in [6.07, 6.45) is 6.71. The number of aromatic nitrogens is 2. The van der Waals surface area contributed by atoms with E-state index in [0.717, 1.165) is 29.8 Å². The molecule has 1 saturated carbocycles. The number of methoxy groups -OCH3 is 1. The number of hydrogen-bond donors (Lipinski definition) is 4. The number of urea groups is 1. The molecule has 3 heterocycles. The van der Waals surface area contributed by atoms with Gasteiger partial charge in [0, 0.05) is 54.9 Å². The monoisotopic (exact) mass is 636 g/mol. The van der Waals surface area contributed by atoms with Crippen molar-refractivity contribution >= 4 is 45.3 Å². The van der Waals surface area contributed by atoms with E-state index in [1.54, 1.807) is 14.2 Å². The lowest BCUT2D eigenvalue weighted by atomic mass is 10.1. The molecule has 0 unspecified atom stereocenters. The second kappa shape index (κ2) is 13.7. The van der Waals surface area contributed by atoms with Gasteiger partial charge in [0.15, 0.2) is 5.13 Å². The zero-order valence-electron chi connectivity index (χ0n) is 26.0. The van der Waals surface area contributed by atoms with Crippen LogP contribution < -0.4 is 25.4 Å². The number of rotatable bonds is 9. The Labute approximate surface area is 266 Å². The molecular formula is C32H40N6O6S. The summed E-state index contributed by atoms with van der Waals surface area (Å²) >= 11 is 1.48. The molecule has 3 amide bonds. The van der Waals surface area contributed by atoms with Gasteiger partial charge in [-0.3, -0.25) is 4.79 Å². The Morgan fingerprint density at radius 1 is 1.22 bits per heavy atom. The second-order valence-corrected chi connectivity index (χ2v) is 12.6. The number of carboxylic acids is 1. The number of thiazole rings is 1. The van der Waals surface area contributed by atoms with Crippen LogP contribution in [0.2, 0.25) is 0 Å². The number of benzene rings is 1. The predicted molar refractivity (Wildman–Crippen MR) is 173 cm³/mol. The maximum Gasteiger partial charge on any atom is 0.330 e. The molecule has 1 aromatic carbocycles. The van der Waals surface area contributed by atoms with Crippen LogP contribution in [0.3, 0.4) is 0 Å². The zero-order chi connectivity index (χ0) is 32.1. The molecule has 5 rings (SSSR count). The lowest BCUT2D eigenvalue weighted by Gasteiger charge is -2.25. The number of nitrogens with one attached hydrogen (secondary N) is 3. The van der Waals surface area contributed by atoms with Crippen molar-refractivity contribution in [2.75, 3.05) is 32.6 Å². The van der Waals surface area contributed by atoms with Crippen molar-refractivity contribution in [3.63, 3.8) is 0 Å². The van der Waals surface area contributed by atoms with E-state index in [9.17, 15) is 19.5 Å². The summed E-state index contributed by atoms with van der Waals surface area (Å²) in [5.74, 6) is -0.771. The minimum atomic E-state index is -1.38. The summed E-state index contributed by atoms with van der Waals surface area (Å²) in [6, 6.07) is 6.11. The van der Waals surface area contributed by atoms with Crippen LogP contribution in [0.25, 0.3) is 22.3 Å². The van der Waals surface area contributed by atoms with Crippen molar-refractivity contribution in [1.29, 1.82) is 0 Å². The first-order chi connectivity index (χ1) is 21.6. The third-order valence-electron chi connectivity index (χ3n) is 8.01. The van der Waals surface area contributed by atoms with Gasteiger partial charge in [-0.1, -0.05) is 12.2 Å². The maximum absolute atomic E-state index is 13.5. The third kappa shape index (κ3) is 7.47.